The molecule has 4 rings (SSSR count). The van der Waals surface area contributed by atoms with Crippen LogP contribution in [0.3, 0.4) is 0 Å². The smallest absolute Gasteiger partial charge is 0.228 e. The average Bonchev–Trinajstić information content (AvgIpc) is 3.41. The molecule has 3 N–H and O–H groups in total. The van der Waals surface area contributed by atoms with Crippen molar-refractivity contribution in [2.45, 2.75) is 26.2 Å². The number of hydrogen-bond donors (Lipinski definition) is 3. The summed E-state index contributed by atoms with van der Waals surface area (Å²) in [5.74, 6) is 1.19. The van der Waals surface area contributed by atoms with Crippen molar-refractivity contribution in [3.05, 3.63) is 42.3 Å². The Morgan fingerprint density at radius 3 is 2.93 bits per heavy atom. The minimum atomic E-state index is -0.305. The molecule has 1 aromatic carbocycles. The van der Waals surface area contributed by atoms with Gasteiger partial charge in [0.05, 0.1) is 5.69 Å². The van der Waals surface area contributed by atoms with Crippen molar-refractivity contribution in [3.63, 3.8) is 0 Å². The van der Waals surface area contributed by atoms with Crippen LogP contribution in [0.25, 0.3) is 22.2 Å². The van der Waals surface area contributed by atoms with Gasteiger partial charge < -0.3 is 15.0 Å². The van der Waals surface area contributed by atoms with Gasteiger partial charge in [-0.1, -0.05) is 24.9 Å². The molecule has 7 heteroatoms. The first-order chi connectivity index (χ1) is 13.2. The summed E-state index contributed by atoms with van der Waals surface area (Å²) in [4.78, 5) is 19.6. The zero-order chi connectivity index (χ0) is 18.8. The largest absolute Gasteiger partial charge is 0.346 e. The summed E-state index contributed by atoms with van der Waals surface area (Å²) >= 11 is 1.49. The van der Waals surface area contributed by atoms with Crippen LogP contribution in [0.2, 0.25) is 0 Å². The monoisotopic (exact) mass is 384 g/mol. The highest BCUT2D eigenvalue weighted by Crippen LogP contribution is 2.34. The molecule has 1 fully saturated rings. The molecular formula is C20H21FN4OS. The molecule has 27 heavy (non-hydrogen) atoms. The van der Waals surface area contributed by atoms with Crippen molar-refractivity contribution in [2.24, 2.45) is 5.92 Å². The fourth-order valence-electron chi connectivity index (χ4n) is 2.91. The Labute approximate surface area is 161 Å². The van der Waals surface area contributed by atoms with Gasteiger partial charge in [-0.15, -0.1) is 0 Å². The van der Waals surface area contributed by atoms with Gasteiger partial charge in [-0.3, -0.25) is 4.79 Å². The van der Waals surface area contributed by atoms with E-state index >= 15 is 0 Å². The minimum absolute atomic E-state index is 0.00182. The van der Waals surface area contributed by atoms with Crippen LogP contribution in [0.1, 0.15) is 26.2 Å². The fourth-order valence-corrected chi connectivity index (χ4v) is 3.54. The van der Waals surface area contributed by atoms with Crippen LogP contribution in [0.15, 0.2) is 36.5 Å². The van der Waals surface area contributed by atoms with Crippen molar-refractivity contribution < 1.29 is 9.18 Å². The van der Waals surface area contributed by atoms with Crippen LogP contribution in [0, 0.1) is 11.7 Å². The number of aromatic amines is 1. The number of nitrogens with one attached hydrogen (secondary N) is 3. The Morgan fingerprint density at radius 1 is 1.33 bits per heavy atom. The summed E-state index contributed by atoms with van der Waals surface area (Å²) < 4.78 is 17.6. The number of H-pyrrole nitrogens is 1. The minimum Gasteiger partial charge on any atom is -0.346 e. The zero-order valence-electron chi connectivity index (χ0n) is 15.0. The molecule has 0 radical (unpaired) electrons. The maximum Gasteiger partial charge on any atom is 0.228 e. The van der Waals surface area contributed by atoms with E-state index in [4.69, 9.17) is 0 Å². The summed E-state index contributed by atoms with van der Waals surface area (Å²) in [5.41, 5.74) is 2.71. The van der Waals surface area contributed by atoms with Crippen molar-refractivity contribution >= 4 is 40.4 Å². The van der Waals surface area contributed by atoms with Gasteiger partial charge >= 0.3 is 0 Å². The Balaban J connectivity index is 1.66. The van der Waals surface area contributed by atoms with Gasteiger partial charge in [0.15, 0.2) is 0 Å². The summed E-state index contributed by atoms with van der Waals surface area (Å²) in [7, 11) is 0. The standard InChI is InChI=1S/C20H21FN4OS/c1-2-9-27-25-17-6-5-13(10-16(17)21)15-11-18(24-20(26)12-3-4-12)23-19-14(15)7-8-22-19/h5-8,10-12,25H,2-4,9H2,1H3,(H2,22,23,24,26). The van der Waals surface area contributed by atoms with E-state index in [2.05, 4.69) is 26.9 Å². The third-order valence-corrected chi connectivity index (χ3v) is 5.47. The molecule has 0 spiro atoms. The highest BCUT2D eigenvalue weighted by atomic mass is 32.2. The SMILES string of the molecule is CCCSNc1ccc(-c2cc(NC(=O)C3CC3)nc3[nH]ccc23)cc1F. The van der Waals surface area contributed by atoms with Gasteiger partial charge in [0.2, 0.25) is 5.91 Å². The zero-order valence-corrected chi connectivity index (χ0v) is 15.8. The van der Waals surface area contributed by atoms with Crippen LogP contribution in [0.4, 0.5) is 15.9 Å². The first-order valence-electron chi connectivity index (χ1n) is 9.12. The van der Waals surface area contributed by atoms with E-state index in [1.54, 1.807) is 12.3 Å². The number of carbonyl (C=O) groups is 1. The number of rotatable bonds is 7. The van der Waals surface area contributed by atoms with Crippen LogP contribution in [0.5, 0.6) is 0 Å². The summed E-state index contributed by atoms with van der Waals surface area (Å²) in [5, 5.41) is 3.77. The molecule has 0 unspecified atom stereocenters. The van der Waals surface area contributed by atoms with E-state index < -0.39 is 0 Å². The van der Waals surface area contributed by atoms with Crippen molar-refractivity contribution in [1.29, 1.82) is 0 Å². The highest BCUT2D eigenvalue weighted by Gasteiger charge is 2.30. The topological polar surface area (TPSA) is 69.8 Å². The number of carbonyl (C=O) groups excluding carboxylic acids is 1. The Bertz CT molecular complexity index is 983. The molecule has 0 aliphatic heterocycles. The lowest BCUT2D eigenvalue weighted by Gasteiger charge is -2.11. The predicted molar refractivity (Wildman–Crippen MR) is 109 cm³/mol. The Kier molecular flexibility index (Phi) is 5.03. The third kappa shape index (κ3) is 3.93. The average molecular weight is 384 g/mol. The van der Waals surface area contributed by atoms with E-state index in [0.29, 0.717) is 17.2 Å². The van der Waals surface area contributed by atoms with Crippen molar-refractivity contribution in [3.8, 4) is 11.1 Å². The second-order valence-corrected chi connectivity index (χ2v) is 7.60. The lowest BCUT2D eigenvalue weighted by Crippen LogP contribution is -2.14. The van der Waals surface area contributed by atoms with Crippen LogP contribution < -0.4 is 10.0 Å². The second kappa shape index (κ2) is 7.60. The number of amides is 1. The van der Waals surface area contributed by atoms with Gasteiger partial charge in [0, 0.05) is 23.3 Å². The summed E-state index contributed by atoms with van der Waals surface area (Å²) in [6.45, 7) is 2.08. The van der Waals surface area contributed by atoms with E-state index in [9.17, 15) is 9.18 Å². The van der Waals surface area contributed by atoms with E-state index in [-0.39, 0.29) is 17.6 Å². The number of halogens is 1. The summed E-state index contributed by atoms with van der Waals surface area (Å²) in [6.07, 6.45) is 4.68. The second-order valence-electron chi connectivity index (χ2n) is 6.70. The van der Waals surface area contributed by atoms with Gasteiger partial charge in [-0.2, -0.15) is 0 Å². The molecule has 1 amide bonds. The number of fused-ring (bicyclic) bond motifs is 1. The Morgan fingerprint density at radius 2 is 2.19 bits per heavy atom. The predicted octanol–water partition coefficient (Wildman–Crippen LogP) is 5.19. The van der Waals surface area contributed by atoms with Crippen LogP contribution >= 0.6 is 11.9 Å². The maximum absolute atomic E-state index is 14.5. The molecule has 1 aliphatic carbocycles. The molecule has 0 saturated heterocycles. The lowest BCUT2D eigenvalue weighted by atomic mass is 10.0. The number of hydrogen-bond acceptors (Lipinski definition) is 4. The van der Waals surface area contributed by atoms with Crippen LogP contribution in [-0.4, -0.2) is 21.6 Å². The molecule has 1 saturated carbocycles. The quantitative estimate of drug-likeness (QED) is 0.387. The Hall–Kier alpha value is -2.54. The number of aromatic nitrogens is 2. The van der Waals surface area contributed by atoms with Crippen LogP contribution in [-0.2, 0) is 4.79 Å². The number of nitrogens with zero attached hydrogens (tertiary/aromatic N) is 1. The number of anilines is 2. The van der Waals surface area contributed by atoms with Gasteiger partial charge in [-0.05, 0) is 54.7 Å². The van der Waals surface area contributed by atoms with Crippen molar-refractivity contribution in [1.82, 2.24) is 9.97 Å². The molecule has 0 bridgehead atoms. The first-order valence-corrected chi connectivity index (χ1v) is 10.1. The van der Waals surface area contributed by atoms with Gasteiger partial charge in [-0.25, -0.2) is 9.37 Å². The molecule has 1 aliphatic rings. The number of pyridine rings is 1. The number of benzene rings is 1. The van der Waals surface area contributed by atoms with E-state index in [0.717, 1.165) is 41.5 Å². The van der Waals surface area contributed by atoms with Crippen molar-refractivity contribution in [2.75, 3.05) is 15.8 Å². The molecule has 3 aromatic rings. The molecule has 140 valence electrons. The van der Waals surface area contributed by atoms with E-state index in [1.165, 1.54) is 18.0 Å². The lowest BCUT2D eigenvalue weighted by molar-refractivity contribution is -0.117. The molecule has 5 nitrogen and oxygen atoms in total. The molecule has 0 atom stereocenters. The first kappa shape index (κ1) is 17.9. The summed E-state index contributed by atoms with van der Waals surface area (Å²) in [6, 6.07) is 8.86. The van der Waals surface area contributed by atoms with E-state index in [1.807, 2.05) is 18.2 Å². The highest BCUT2D eigenvalue weighted by molar-refractivity contribution is 8.00. The fraction of sp³-hybridized carbons (Fsp3) is 0.300. The van der Waals surface area contributed by atoms with Gasteiger partial charge in [0.1, 0.15) is 17.3 Å². The molecule has 2 aromatic heterocycles. The normalized spacial score (nSPS) is 13.7. The third-order valence-electron chi connectivity index (χ3n) is 4.50. The molecule has 2 heterocycles. The van der Waals surface area contributed by atoms with Gasteiger partial charge in [0.25, 0.3) is 0 Å². The molecular weight excluding hydrogens is 363 g/mol. The maximum atomic E-state index is 14.5.